The molecule has 2 N–H and O–H groups in total. The van der Waals surface area contributed by atoms with Crippen molar-refractivity contribution in [3.63, 3.8) is 0 Å². The van der Waals surface area contributed by atoms with Crippen LogP contribution in [0.2, 0.25) is 0 Å². The number of nitrogens with zero attached hydrogens (tertiary/aromatic N) is 1. The maximum Gasteiger partial charge on any atom is 0.408 e. The number of carbonyl (C=O) groups is 2. The minimum atomic E-state index is -0.525. The van der Waals surface area contributed by atoms with E-state index >= 15 is 0 Å². The Morgan fingerprint density at radius 2 is 1.71 bits per heavy atom. The minimum absolute atomic E-state index is 0.00980. The molecule has 1 aliphatic rings. The van der Waals surface area contributed by atoms with E-state index in [2.05, 4.69) is 22.8 Å². The van der Waals surface area contributed by atoms with E-state index < -0.39 is 11.7 Å². The van der Waals surface area contributed by atoms with E-state index in [4.69, 9.17) is 4.74 Å². The van der Waals surface area contributed by atoms with Gasteiger partial charge in [0.2, 0.25) is 0 Å². The molecule has 0 heterocycles. The molecular weight excluding hydrogens is 390 g/mol. The molecule has 0 fully saturated rings. The molecule has 2 aromatic rings. The zero-order chi connectivity index (χ0) is 22.6. The monoisotopic (exact) mass is 423 g/mol. The third-order valence-corrected chi connectivity index (χ3v) is 5.29. The second-order valence-corrected chi connectivity index (χ2v) is 9.22. The fourth-order valence-electron chi connectivity index (χ4n) is 3.92. The fourth-order valence-corrected chi connectivity index (χ4v) is 3.92. The lowest BCUT2D eigenvalue weighted by Gasteiger charge is -2.22. The second-order valence-electron chi connectivity index (χ2n) is 9.22. The van der Waals surface area contributed by atoms with Gasteiger partial charge in [0.25, 0.3) is 5.91 Å². The Morgan fingerprint density at radius 3 is 2.35 bits per heavy atom. The van der Waals surface area contributed by atoms with Crippen LogP contribution < -0.4 is 10.6 Å². The summed E-state index contributed by atoms with van der Waals surface area (Å²) in [6.07, 6.45) is 1.20. The van der Waals surface area contributed by atoms with Crippen LogP contribution in [0, 0.1) is 0 Å². The van der Waals surface area contributed by atoms with Crippen molar-refractivity contribution in [3.05, 3.63) is 70.8 Å². The van der Waals surface area contributed by atoms with E-state index in [0.717, 1.165) is 30.5 Å². The van der Waals surface area contributed by atoms with Gasteiger partial charge in [-0.25, -0.2) is 4.79 Å². The highest BCUT2D eigenvalue weighted by atomic mass is 16.6. The van der Waals surface area contributed by atoms with Crippen LogP contribution in [0.25, 0.3) is 0 Å². The number of amides is 2. The summed E-state index contributed by atoms with van der Waals surface area (Å²) in [6, 6.07) is 16.1. The molecule has 0 spiro atoms. The summed E-state index contributed by atoms with van der Waals surface area (Å²) in [5.74, 6) is 0.00980. The van der Waals surface area contributed by atoms with Gasteiger partial charge in [0, 0.05) is 25.7 Å². The highest BCUT2D eigenvalue weighted by Crippen LogP contribution is 2.38. The van der Waals surface area contributed by atoms with Crippen molar-refractivity contribution in [2.24, 2.45) is 0 Å². The predicted molar refractivity (Wildman–Crippen MR) is 122 cm³/mol. The van der Waals surface area contributed by atoms with Crippen molar-refractivity contribution in [1.82, 2.24) is 15.5 Å². The number of nitrogens with one attached hydrogen (secondary N) is 2. The van der Waals surface area contributed by atoms with Crippen LogP contribution in [0.1, 0.15) is 66.3 Å². The molecule has 0 aliphatic heterocycles. The summed E-state index contributed by atoms with van der Waals surface area (Å²) < 4.78 is 5.43. The molecule has 0 saturated heterocycles. The van der Waals surface area contributed by atoms with E-state index in [9.17, 15) is 9.59 Å². The minimum Gasteiger partial charge on any atom is -0.444 e. The molecule has 0 radical (unpaired) electrons. The van der Waals surface area contributed by atoms with Gasteiger partial charge < -0.3 is 20.3 Å². The van der Waals surface area contributed by atoms with Crippen LogP contribution in [0.15, 0.2) is 48.5 Å². The normalized spacial score (nSPS) is 17.7. The van der Waals surface area contributed by atoms with Gasteiger partial charge in [-0.3, -0.25) is 4.79 Å². The smallest absolute Gasteiger partial charge is 0.408 e. The van der Waals surface area contributed by atoms with Crippen LogP contribution in [-0.2, 0) is 11.2 Å². The van der Waals surface area contributed by atoms with Crippen LogP contribution in [0.5, 0.6) is 0 Å². The van der Waals surface area contributed by atoms with E-state index in [1.165, 1.54) is 5.56 Å². The Balaban J connectivity index is 1.61. The molecule has 2 aromatic carbocycles. The predicted octanol–water partition coefficient (Wildman–Crippen LogP) is 4.23. The maximum atomic E-state index is 12.3. The maximum absolute atomic E-state index is 12.3. The first-order chi connectivity index (χ1) is 14.6. The van der Waals surface area contributed by atoms with Crippen LogP contribution in [0.3, 0.4) is 0 Å². The summed E-state index contributed by atoms with van der Waals surface area (Å²) in [5, 5.41) is 6.64. The van der Waals surface area contributed by atoms with Crippen molar-refractivity contribution in [1.29, 1.82) is 0 Å². The molecule has 166 valence electrons. The molecular formula is C25H33N3O3. The third kappa shape index (κ3) is 6.07. The SMILES string of the molecule is CN(C)C(=O)c1cccc(CCNC2CC(NC(=O)OC(C)(C)C)c3ccccc32)c1. The Bertz CT molecular complexity index is 934. The summed E-state index contributed by atoms with van der Waals surface area (Å²) in [7, 11) is 3.52. The molecule has 31 heavy (non-hydrogen) atoms. The van der Waals surface area contributed by atoms with Gasteiger partial charge >= 0.3 is 6.09 Å². The number of rotatable bonds is 6. The number of fused-ring (bicyclic) bond motifs is 1. The zero-order valence-electron chi connectivity index (χ0n) is 19.1. The Kier molecular flexibility index (Phi) is 7.01. The van der Waals surface area contributed by atoms with Gasteiger partial charge in [-0.15, -0.1) is 0 Å². The van der Waals surface area contributed by atoms with E-state index in [-0.39, 0.29) is 18.0 Å². The van der Waals surface area contributed by atoms with Crippen LogP contribution >= 0.6 is 0 Å². The average molecular weight is 424 g/mol. The summed E-state index contributed by atoms with van der Waals surface area (Å²) in [4.78, 5) is 26.1. The lowest BCUT2D eigenvalue weighted by molar-refractivity contribution is 0.0501. The average Bonchev–Trinajstić information content (AvgIpc) is 3.03. The van der Waals surface area contributed by atoms with E-state index in [1.54, 1.807) is 19.0 Å². The third-order valence-electron chi connectivity index (χ3n) is 5.29. The number of hydrogen-bond donors (Lipinski definition) is 2. The quantitative estimate of drug-likeness (QED) is 0.729. The summed E-state index contributed by atoms with van der Waals surface area (Å²) in [6.45, 7) is 6.36. The topological polar surface area (TPSA) is 70.7 Å². The molecule has 2 atom stereocenters. The molecule has 1 aliphatic carbocycles. The standard InChI is InChI=1S/C25H33N3O3/c1-25(2,3)31-24(30)27-22-16-21(19-11-6-7-12-20(19)22)26-14-13-17-9-8-10-18(15-17)23(29)28(4)5/h6-12,15,21-22,26H,13-14,16H2,1-5H3,(H,27,30). The lowest BCUT2D eigenvalue weighted by atomic mass is 10.1. The number of alkyl carbamates (subject to hydrolysis) is 1. The van der Waals surface area contributed by atoms with Crippen LogP contribution in [0.4, 0.5) is 4.79 Å². The summed E-state index contributed by atoms with van der Waals surface area (Å²) >= 11 is 0. The van der Waals surface area contributed by atoms with Crippen molar-refractivity contribution >= 4 is 12.0 Å². The van der Waals surface area contributed by atoms with Gasteiger partial charge in [-0.1, -0.05) is 36.4 Å². The second kappa shape index (κ2) is 9.52. The molecule has 6 nitrogen and oxygen atoms in total. The van der Waals surface area contributed by atoms with Gasteiger partial charge in [-0.2, -0.15) is 0 Å². The first-order valence-electron chi connectivity index (χ1n) is 10.8. The van der Waals surface area contributed by atoms with Crippen molar-refractivity contribution in [2.75, 3.05) is 20.6 Å². The van der Waals surface area contributed by atoms with Gasteiger partial charge in [0.1, 0.15) is 5.60 Å². The van der Waals surface area contributed by atoms with Crippen molar-refractivity contribution in [3.8, 4) is 0 Å². The van der Waals surface area contributed by atoms with Gasteiger partial charge in [0.15, 0.2) is 0 Å². The highest BCUT2D eigenvalue weighted by molar-refractivity contribution is 5.94. The number of carbonyl (C=O) groups excluding carboxylic acids is 2. The molecule has 2 unspecified atom stereocenters. The van der Waals surface area contributed by atoms with Crippen molar-refractivity contribution < 1.29 is 14.3 Å². The molecule has 2 amide bonds. The van der Waals surface area contributed by atoms with Gasteiger partial charge in [0.05, 0.1) is 6.04 Å². The Hall–Kier alpha value is -2.86. The molecule has 0 saturated carbocycles. The fraction of sp³-hybridized carbons (Fsp3) is 0.440. The molecule has 3 rings (SSSR count). The Morgan fingerprint density at radius 1 is 1.03 bits per heavy atom. The molecule has 0 aromatic heterocycles. The van der Waals surface area contributed by atoms with Crippen molar-refractivity contribution in [2.45, 2.75) is 51.3 Å². The highest BCUT2D eigenvalue weighted by Gasteiger charge is 2.32. The largest absolute Gasteiger partial charge is 0.444 e. The van der Waals surface area contributed by atoms with E-state index in [0.29, 0.717) is 5.56 Å². The zero-order valence-corrected chi connectivity index (χ0v) is 19.1. The number of ether oxygens (including phenoxy) is 1. The lowest BCUT2D eigenvalue weighted by Crippen LogP contribution is -2.34. The first-order valence-corrected chi connectivity index (χ1v) is 10.8. The molecule has 6 heteroatoms. The number of benzene rings is 2. The Labute approximate surface area is 185 Å². The molecule has 0 bridgehead atoms. The first kappa shape index (κ1) is 22.8. The van der Waals surface area contributed by atoms with Gasteiger partial charge in [-0.05, 0) is 69.0 Å². The van der Waals surface area contributed by atoms with E-state index in [1.807, 2.05) is 57.2 Å². The summed E-state index contributed by atoms with van der Waals surface area (Å²) in [5.41, 5.74) is 3.64. The van der Waals surface area contributed by atoms with Crippen LogP contribution in [-0.4, -0.2) is 43.1 Å². The number of hydrogen-bond acceptors (Lipinski definition) is 4.